The van der Waals surface area contributed by atoms with E-state index in [1.54, 1.807) is 23.1 Å². The van der Waals surface area contributed by atoms with Crippen LogP contribution in [0.15, 0.2) is 34.7 Å². The average Bonchev–Trinajstić information content (AvgIpc) is 3.02. The molecule has 130 valence electrons. The number of carbonyl (C=O) groups is 1. The summed E-state index contributed by atoms with van der Waals surface area (Å²) in [5, 5.41) is 4.26. The van der Waals surface area contributed by atoms with Gasteiger partial charge in [-0.2, -0.15) is 0 Å². The number of esters is 1. The highest BCUT2D eigenvalue weighted by molar-refractivity contribution is 7.99. The van der Waals surface area contributed by atoms with Gasteiger partial charge in [-0.15, -0.1) is 23.1 Å². The number of rotatable bonds is 6. The van der Waals surface area contributed by atoms with E-state index in [0.29, 0.717) is 6.42 Å². The summed E-state index contributed by atoms with van der Waals surface area (Å²) in [7, 11) is 1.42. The monoisotopic (exact) mass is 372 g/mol. The molecule has 0 spiro atoms. The Labute approximate surface area is 155 Å². The molecule has 0 saturated carbocycles. The maximum absolute atomic E-state index is 11.3. The van der Waals surface area contributed by atoms with Crippen molar-refractivity contribution in [2.24, 2.45) is 0 Å². The van der Waals surface area contributed by atoms with E-state index in [4.69, 9.17) is 4.74 Å². The molecule has 0 unspecified atom stereocenters. The molecular formula is C19H20N2O2S2. The van der Waals surface area contributed by atoms with Crippen molar-refractivity contribution < 1.29 is 9.53 Å². The van der Waals surface area contributed by atoms with E-state index in [2.05, 4.69) is 46.5 Å². The number of nitrogens with zero attached hydrogens (tertiary/aromatic N) is 2. The summed E-state index contributed by atoms with van der Waals surface area (Å²) in [4.78, 5) is 21.5. The number of benzene rings is 1. The molecule has 3 rings (SSSR count). The maximum atomic E-state index is 11.3. The van der Waals surface area contributed by atoms with Crippen LogP contribution in [0.3, 0.4) is 0 Å². The Hall–Kier alpha value is -1.92. The topological polar surface area (TPSA) is 52.1 Å². The van der Waals surface area contributed by atoms with Crippen molar-refractivity contribution in [2.45, 2.75) is 31.7 Å². The van der Waals surface area contributed by atoms with Crippen molar-refractivity contribution >= 4 is 39.3 Å². The number of thioether (sulfide) groups is 1. The molecule has 6 heteroatoms. The third-order valence-corrected chi connectivity index (χ3v) is 5.80. The number of thiophene rings is 1. The standard InChI is InChI=1S/C19H20N2O2S2/c1-12-6-8-14(9-7-12)15-11-25-19-17(15)18(20-13(2)21-19)24-10-4-5-16(22)23-3/h6-9,11H,4-5,10H2,1-3H3. The lowest BCUT2D eigenvalue weighted by molar-refractivity contribution is -0.140. The molecule has 2 heterocycles. The van der Waals surface area contributed by atoms with Gasteiger partial charge >= 0.3 is 5.97 Å². The van der Waals surface area contributed by atoms with Gasteiger partial charge in [-0.3, -0.25) is 4.79 Å². The van der Waals surface area contributed by atoms with Gasteiger partial charge in [0.05, 0.1) is 12.5 Å². The van der Waals surface area contributed by atoms with Crippen LogP contribution in [0, 0.1) is 13.8 Å². The Bertz CT molecular complexity index is 888. The molecule has 0 aliphatic carbocycles. The molecule has 25 heavy (non-hydrogen) atoms. The Kier molecular flexibility index (Phi) is 5.71. The van der Waals surface area contributed by atoms with Crippen molar-refractivity contribution in [1.82, 2.24) is 9.97 Å². The predicted octanol–water partition coefficient (Wildman–Crippen LogP) is 5.02. The van der Waals surface area contributed by atoms with Crippen LogP contribution in [0.4, 0.5) is 0 Å². The average molecular weight is 373 g/mol. The Morgan fingerprint density at radius 2 is 1.96 bits per heavy atom. The SMILES string of the molecule is COC(=O)CCCSc1nc(C)nc2scc(-c3ccc(C)cc3)c12. The highest BCUT2D eigenvalue weighted by atomic mass is 32.2. The van der Waals surface area contributed by atoms with Gasteiger partial charge in [0, 0.05) is 23.1 Å². The minimum Gasteiger partial charge on any atom is -0.469 e. The summed E-state index contributed by atoms with van der Waals surface area (Å²) in [6.07, 6.45) is 1.21. The molecule has 0 N–H and O–H groups in total. The van der Waals surface area contributed by atoms with Crippen molar-refractivity contribution in [2.75, 3.05) is 12.9 Å². The zero-order valence-corrected chi connectivity index (χ0v) is 16.2. The number of methoxy groups -OCH3 is 1. The molecule has 0 amide bonds. The fourth-order valence-corrected chi connectivity index (χ4v) is 4.64. The molecule has 4 nitrogen and oxygen atoms in total. The van der Waals surface area contributed by atoms with Gasteiger partial charge in [-0.25, -0.2) is 9.97 Å². The molecule has 2 aromatic heterocycles. The minimum atomic E-state index is -0.166. The van der Waals surface area contributed by atoms with E-state index in [0.717, 1.165) is 33.2 Å². The molecule has 0 radical (unpaired) electrons. The van der Waals surface area contributed by atoms with Crippen LogP contribution in [-0.2, 0) is 9.53 Å². The second-order valence-electron chi connectivity index (χ2n) is 5.80. The van der Waals surface area contributed by atoms with Crippen LogP contribution in [0.2, 0.25) is 0 Å². The molecule has 3 aromatic rings. The summed E-state index contributed by atoms with van der Waals surface area (Å²) < 4.78 is 4.69. The summed E-state index contributed by atoms with van der Waals surface area (Å²) in [5.74, 6) is 1.44. The lowest BCUT2D eigenvalue weighted by atomic mass is 10.1. The summed E-state index contributed by atoms with van der Waals surface area (Å²) in [6.45, 7) is 4.01. The number of hydrogen-bond donors (Lipinski definition) is 0. The first kappa shape index (κ1) is 17.9. The van der Waals surface area contributed by atoms with Gasteiger partial charge in [0.1, 0.15) is 15.7 Å². The Morgan fingerprint density at radius 3 is 2.68 bits per heavy atom. The molecule has 0 aliphatic rings. The lowest BCUT2D eigenvalue weighted by Crippen LogP contribution is -2.00. The fourth-order valence-electron chi connectivity index (χ4n) is 2.55. The van der Waals surface area contributed by atoms with Crippen LogP contribution in [0.1, 0.15) is 24.2 Å². The van der Waals surface area contributed by atoms with Gasteiger partial charge in [0.25, 0.3) is 0 Å². The number of ether oxygens (including phenoxy) is 1. The van der Waals surface area contributed by atoms with E-state index < -0.39 is 0 Å². The first-order chi connectivity index (χ1) is 12.1. The molecule has 0 aliphatic heterocycles. The molecule has 0 fully saturated rings. The molecular weight excluding hydrogens is 352 g/mol. The van der Waals surface area contributed by atoms with Crippen LogP contribution in [0.5, 0.6) is 0 Å². The zero-order valence-electron chi connectivity index (χ0n) is 14.5. The van der Waals surface area contributed by atoms with Crippen molar-refractivity contribution in [3.63, 3.8) is 0 Å². The van der Waals surface area contributed by atoms with Gasteiger partial charge in [-0.05, 0) is 25.8 Å². The number of aromatic nitrogens is 2. The highest BCUT2D eigenvalue weighted by Crippen LogP contribution is 2.38. The second kappa shape index (κ2) is 7.97. The van der Waals surface area contributed by atoms with Crippen LogP contribution < -0.4 is 0 Å². The van der Waals surface area contributed by atoms with Crippen molar-refractivity contribution in [3.8, 4) is 11.1 Å². The van der Waals surface area contributed by atoms with Gasteiger partial charge < -0.3 is 4.74 Å². The van der Waals surface area contributed by atoms with E-state index >= 15 is 0 Å². The number of carbonyl (C=O) groups excluding carboxylic acids is 1. The molecule has 0 atom stereocenters. The van der Waals surface area contributed by atoms with Crippen molar-refractivity contribution in [1.29, 1.82) is 0 Å². The van der Waals surface area contributed by atoms with E-state index in [-0.39, 0.29) is 5.97 Å². The number of aryl methyl sites for hydroxylation is 2. The third kappa shape index (κ3) is 4.19. The number of hydrogen-bond acceptors (Lipinski definition) is 6. The first-order valence-corrected chi connectivity index (χ1v) is 9.97. The molecule has 0 saturated heterocycles. The Balaban J connectivity index is 1.90. The second-order valence-corrected chi connectivity index (χ2v) is 7.74. The van der Waals surface area contributed by atoms with Crippen LogP contribution >= 0.6 is 23.1 Å². The van der Waals surface area contributed by atoms with Crippen LogP contribution in [0.25, 0.3) is 21.3 Å². The van der Waals surface area contributed by atoms with Gasteiger partial charge in [-0.1, -0.05) is 29.8 Å². The minimum absolute atomic E-state index is 0.166. The maximum Gasteiger partial charge on any atom is 0.305 e. The van der Waals surface area contributed by atoms with E-state index in [1.807, 2.05) is 6.92 Å². The lowest BCUT2D eigenvalue weighted by Gasteiger charge is -2.07. The van der Waals surface area contributed by atoms with Gasteiger partial charge in [0.2, 0.25) is 0 Å². The largest absolute Gasteiger partial charge is 0.469 e. The third-order valence-electron chi connectivity index (χ3n) is 3.87. The molecule has 0 bridgehead atoms. The van der Waals surface area contributed by atoms with E-state index in [1.165, 1.54) is 23.8 Å². The van der Waals surface area contributed by atoms with Crippen molar-refractivity contribution in [3.05, 3.63) is 41.0 Å². The summed E-state index contributed by atoms with van der Waals surface area (Å²) in [5.41, 5.74) is 3.60. The van der Waals surface area contributed by atoms with E-state index in [9.17, 15) is 4.79 Å². The number of fused-ring (bicyclic) bond motifs is 1. The smallest absolute Gasteiger partial charge is 0.305 e. The Morgan fingerprint density at radius 1 is 1.20 bits per heavy atom. The predicted molar refractivity (Wildman–Crippen MR) is 104 cm³/mol. The summed E-state index contributed by atoms with van der Waals surface area (Å²) >= 11 is 3.33. The van der Waals surface area contributed by atoms with Gasteiger partial charge in [0.15, 0.2) is 0 Å². The zero-order chi connectivity index (χ0) is 17.8. The summed E-state index contributed by atoms with van der Waals surface area (Å²) in [6, 6.07) is 8.53. The molecule has 1 aromatic carbocycles. The first-order valence-electron chi connectivity index (χ1n) is 8.11. The quantitative estimate of drug-likeness (QED) is 0.263. The highest BCUT2D eigenvalue weighted by Gasteiger charge is 2.15. The van der Waals surface area contributed by atoms with Crippen LogP contribution in [-0.4, -0.2) is 28.8 Å². The fraction of sp³-hybridized carbons (Fsp3) is 0.316. The normalized spacial score (nSPS) is 11.0.